The Labute approximate surface area is 126 Å². The van der Waals surface area contributed by atoms with Gasteiger partial charge >= 0.3 is 18.0 Å². The van der Waals surface area contributed by atoms with Crippen molar-refractivity contribution in [2.45, 2.75) is 44.3 Å². The predicted molar refractivity (Wildman–Crippen MR) is 75.1 cm³/mol. The maximum Gasteiger partial charge on any atom is 0.416 e. The minimum atomic E-state index is -4.43. The van der Waals surface area contributed by atoms with Crippen LogP contribution in [0.25, 0.3) is 0 Å². The first-order valence-electron chi connectivity index (χ1n) is 7.15. The summed E-state index contributed by atoms with van der Waals surface area (Å²) in [4.78, 5) is 23.5. The number of nitrogens with one attached hydrogen (secondary N) is 2. The monoisotopic (exact) mass is 314 g/mol. The number of benzene rings is 1. The third-order valence-electron chi connectivity index (χ3n) is 3.62. The van der Waals surface area contributed by atoms with Crippen molar-refractivity contribution in [3.05, 3.63) is 29.8 Å². The molecule has 1 aromatic rings. The second kappa shape index (κ2) is 6.81. The third kappa shape index (κ3) is 4.47. The molecular formula is C15H17F3N2O2. The molecule has 22 heavy (non-hydrogen) atoms. The van der Waals surface area contributed by atoms with Crippen LogP contribution in [0.15, 0.2) is 24.3 Å². The van der Waals surface area contributed by atoms with Gasteiger partial charge < -0.3 is 10.6 Å². The van der Waals surface area contributed by atoms with Crippen LogP contribution in [0.4, 0.5) is 18.9 Å². The fourth-order valence-corrected chi connectivity index (χ4v) is 2.43. The van der Waals surface area contributed by atoms with E-state index in [2.05, 4.69) is 10.6 Å². The molecule has 1 fully saturated rings. The highest BCUT2D eigenvalue weighted by atomic mass is 19.4. The highest BCUT2D eigenvalue weighted by Gasteiger charge is 2.30. The Morgan fingerprint density at radius 2 is 1.55 bits per heavy atom. The standard InChI is InChI=1S/C15H17F3N2O2/c16-15(17,18)10-6-8-12(9-7-10)20-14(22)13(21)19-11-4-2-1-3-5-11/h6-9,11H,1-5H2,(H,19,21)(H,20,22). The average molecular weight is 314 g/mol. The summed E-state index contributed by atoms with van der Waals surface area (Å²) in [7, 11) is 0. The van der Waals surface area contributed by atoms with E-state index in [4.69, 9.17) is 0 Å². The molecule has 0 aromatic heterocycles. The summed E-state index contributed by atoms with van der Waals surface area (Å²) in [5, 5.41) is 4.94. The largest absolute Gasteiger partial charge is 0.416 e. The van der Waals surface area contributed by atoms with E-state index >= 15 is 0 Å². The fraction of sp³-hybridized carbons (Fsp3) is 0.467. The van der Waals surface area contributed by atoms with E-state index < -0.39 is 23.6 Å². The molecule has 2 N–H and O–H groups in total. The van der Waals surface area contributed by atoms with Gasteiger partial charge in [0.05, 0.1) is 5.56 Å². The zero-order valence-electron chi connectivity index (χ0n) is 11.9. The number of anilines is 1. The molecule has 1 aliphatic rings. The molecule has 2 rings (SSSR count). The van der Waals surface area contributed by atoms with Crippen molar-refractivity contribution in [1.29, 1.82) is 0 Å². The van der Waals surface area contributed by atoms with Crippen molar-refractivity contribution >= 4 is 17.5 Å². The van der Waals surface area contributed by atoms with E-state index in [1.165, 1.54) is 0 Å². The Hall–Kier alpha value is -2.05. The number of alkyl halides is 3. The number of rotatable bonds is 2. The molecule has 7 heteroatoms. The number of halogens is 3. The second-order valence-corrected chi connectivity index (χ2v) is 5.34. The number of hydrogen-bond acceptors (Lipinski definition) is 2. The lowest BCUT2D eigenvalue weighted by Crippen LogP contribution is -2.42. The van der Waals surface area contributed by atoms with Crippen LogP contribution in [0.5, 0.6) is 0 Å². The Balaban J connectivity index is 1.89. The van der Waals surface area contributed by atoms with Gasteiger partial charge in [-0.25, -0.2) is 0 Å². The van der Waals surface area contributed by atoms with Gasteiger partial charge in [-0.1, -0.05) is 19.3 Å². The molecule has 4 nitrogen and oxygen atoms in total. The lowest BCUT2D eigenvalue weighted by atomic mass is 9.95. The Bertz CT molecular complexity index is 535. The van der Waals surface area contributed by atoms with Gasteiger partial charge in [0.1, 0.15) is 0 Å². The summed E-state index contributed by atoms with van der Waals surface area (Å²) in [5.41, 5.74) is -0.658. The van der Waals surface area contributed by atoms with Crippen molar-refractivity contribution < 1.29 is 22.8 Å². The number of carbonyl (C=O) groups excluding carboxylic acids is 2. The molecule has 0 aliphatic heterocycles. The summed E-state index contributed by atoms with van der Waals surface area (Å²) >= 11 is 0. The van der Waals surface area contributed by atoms with Crippen LogP contribution < -0.4 is 10.6 Å². The zero-order chi connectivity index (χ0) is 16.2. The number of amides is 2. The van der Waals surface area contributed by atoms with Gasteiger partial charge in [-0.2, -0.15) is 13.2 Å². The summed E-state index contributed by atoms with van der Waals surface area (Å²) in [6.45, 7) is 0. The SMILES string of the molecule is O=C(Nc1ccc(C(F)(F)F)cc1)C(=O)NC1CCCCC1. The van der Waals surface area contributed by atoms with E-state index in [0.717, 1.165) is 56.4 Å². The van der Waals surface area contributed by atoms with Crippen LogP contribution in [0.2, 0.25) is 0 Å². The summed E-state index contributed by atoms with van der Waals surface area (Å²) in [6, 6.07) is 3.95. The molecule has 0 saturated heterocycles. The molecule has 1 saturated carbocycles. The third-order valence-corrected chi connectivity index (χ3v) is 3.62. The summed E-state index contributed by atoms with van der Waals surface area (Å²) in [6.07, 6.45) is 0.431. The van der Waals surface area contributed by atoms with Gasteiger partial charge in [0.2, 0.25) is 0 Å². The molecule has 1 aromatic carbocycles. The number of hydrogen-bond donors (Lipinski definition) is 2. The van der Waals surface area contributed by atoms with Crippen LogP contribution in [-0.2, 0) is 15.8 Å². The Morgan fingerprint density at radius 3 is 2.09 bits per heavy atom. The first-order chi connectivity index (χ1) is 10.4. The van der Waals surface area contributed by atoms with E-state index in [-0.39, 0.29) is 11.7 Å². The Morgan fingerprint density at radius 1 is 0.955 bits per heavy atom. The minimum Gasteiger partial charge on any atom is -0.345 e. The van der Waals surface area contributed by atoms with E-state index in [1.54, 1.807) is 0 Å². The molecule has 0 bridgehead atoms. The maximum atomic E-state index is 12.4. The fourth-order valence-electron chi connectivity index (χ4n) is 2.43. The van der Waals surface area contributed by atoms with E-state index in [0.29, 0.717) is 0 Å². The van der Waals surface area contributed by atoms with Gasteiger partial charge in [0.25, 0.3) is 0 Å². The molecule has 0 radical (unpaired) electrons. The molecule has 0 atom stereocenters. The smallest absolute Gasteiger partial charge is 0.345 e. The molecule has 1 aliphatic carbocycles. The first-order valence-corrected chi connectivity index (χ1v) is 7.15. The maximum absolute atomic E-state index is 12.4. The van der Waals surface area contributed by atoms with Crippen LogP contribution in [0.1, 0.15) is 37.7 Å². The van der Waals surface area contributed by atoms with Crippen molar-refractivity contribution in [2.75, 3.05) is 5.32 Å². The summed E-state index contributed by atoms with van der Waals surface area (Å²) < 4.78 is 37.3. The van der Waals surface area contributed by atoms with Crippen molar-refractivity contribution in [2.24, 2.45) is 0 Å². The van der Waals surface area contributed by atoms with E-state index in [1.807, 2.05) is 0 Å². The van der Waals surface area contributed by atoms with Crippen molar-refractivity contribution in [3.8, 4) is 0 Å². The lowest BCUT2D eigenvalue weighted by Gasteiger charge is -2.22. The molecule has 120 valence electrons. The quantitative estimate of drug-likeness (QED) is 0.824. The molecular weight excluding hydrogens is 297 g/mol. The van der Waals surface area contributed by atoms with Gasteiger partial charge in [-0.05, 0) is 37.1 Å². The van der Waals surface area contributed by atoms with Gasteiger partial charge in [0.15, 0.2) is 0 Å². The molecule has 2 amide bonds. The van der Waals surface area contributed by atoms with Crippen LogP contribution in [0.3, 0.4) is 0 Å². The topological polar surface area (TPSA) is 58.2 Å². The normalized spacial score (nSPS) is 16.1. The van der Waals surface area contributed by atoms with Crippen LogP contribution >= 0.6 is 0 Å². The van der Waals surface area contributed by atoms with Crippen molar-refractivity contribution in [1.82, 2.24) is 5.32 Å². The highest BCUT2D eigenvalue weighted by molar-refractivity contribution is 6.39. The van der Waals surface area contributed by atoms with Crippen LogP contribution in [-0.4, -0.2) is 17.9 Å². The van der Waals surface area contributed by atoms with Gasteiger partial charge in [-0.3, -0.25) is 9.59 Å². The van der Waals surface area contributed by atoms with Gasteiger partial charge in [-0.15, -0.1) is 0 Å². The highest BCUT2D eigenvalue weighted by Crippen LogP contribution is 2.29. The first kappa shape index (κ1) is 16.3. The van der Waals surface area contributed by atoms with Crippen LogP contribution in [0, 0.1) is 0 Å². The number of carbonyl (C=O) groups is 2. The summed E-state index contributed by atoms with van der Waals surface area (Å²) in [5.74, 6) is -1.63. The van der Waals surface area contributed by atoms with E-state index in [9.17, 15) is 22.8 Å². The molecule has 0 heterocycles. The average Bonchev–Trinajstić information content (AvgIpc) is 2.48. The predicted octanol–water partition coefficient (Wildman–Crippen LogP) is 3.09. The zero-order valence-corrected chi connectivity index (χ0v) is 11.9. The second-order valence-electron chi connectivity index (χ2n) is 5.34. The minimum absolute atomic E-state index is 0.000365. The molecule has 0 spiro atoms. The molecule has 0 unspecified atom stereocenters. The Kier molecular flexibility index (Phi) is 5.05. The van der Waals surface area contributed by atoms with Gasteiger partial charge in [0, 0.05) is 11.7 Å². The van der Waals surface area contributed by atoms with Crippen molar-refractivity contribution in [3.63, 3.8) is 0 Å². The lowest BCUT2D eigenvalue weighted by molar-refractivity contribution is -0.137.